The van der Waals surface area contributed by atoms with E-state index in [2.05, 4.69) is 15.4 Å². The van der Waals surface area contributed by atoms with Crippen LogP contribution in [0.25, 0.3) is 5.69 Å². The number of amides is 1. The Morgan fingerprint density at radius 3 is 2.50 bits per heavy atom. The Bertz CT molecular complexity index is 951. The Balaban J connectivity index is 1.45. The molecule has 1 aromatic carbocycles. The van der Waals surface area contributed by atoms with E-state index in [1.807, 2.05) is 49.7 Å². The number of nitrogens with zero attached hydrogens (tertiary/aromatic N) is 4. The largest absolute Gasteiger partial charge is 0.474 e. The van der Waals surface area contributed by atoms with Gasteiger partial charge in [0.1, 0.15) is 0 Å². The molecule has 26 heavy (non-hydrogen) atoms. The van der Waals surface area contributed by atoms with Gasteiger partial charge in [-0.1, -0.05) is 0 Å². The van der Waals surface area contributed by atoms with E-state index in [0.717, 1.165) is 22.8 Å². The molecular formula is C19H21N5O2. The van der Waals surface area contributed by atoms with Gasteiger partial charge in [0.25, 0.3) is 5.91 Å². The van der Waals surface area contributed by atoms with Crippen LogP contribution in [-0.2, 0) is 11.8 Å². The predicted molar refractivity (Wildman–Crippen MR) is 97.5 cm³/mol. The molecule has 0 radical (unpaired) electrons. The number of benzene rings is 1. The summed E-state index contributed by atoms with van der Waals surface area (Å²) in [5, 5.41) is 7.03. The minimum atomic E-state index is -0.778. The Morgan fingerprint density at radius 2 is 1.96 bits per heavy atom. The molecule has 0 saturated heterocycles. The second-order valence-corrected chi connectivity index (χ2v) is 6.73. The van der Waals surface area contributed by atoms with Crippen LogP contribution < -0.4 is 10.1 Å². The van der Waals surface area contributed by atoms with E-state index in [0.29, 0.717) is 18.6 Å². The zero-order chi connectivity index (χ0) is 18.3. The molecular weight excluding hydrogens is 330 g/mol. The quantitative estimate of drug-likeness (QED) is 0.767. The average Bonchev–Trinajstić information content (AvgIpc) is 3.19. The number of carbonyl (C=O) groups excluding carboxylic acids is 1. The smallest absolute Gasteiger partial charge is 0.268 e. The zero-order valence-electron chi connectivity index (χ0n) is 15.1. The number of nitrogens with one attached hydrogen (secondary N) is 1. The number of hydrogen-bond donors (Lipinski definition) is 1. The van der Waals surface area contributed by atoms with Crippen LogP contribution in [0.15, 0.2) is 43.0 Å². The topological polar surface area (TPSA) is 74.0 Å². The highest BCUT2D eigenvalue weighted by molar-refractivity contribution is 5.99. The standard InChI is InChI=1S/C19H21N5O2/c1-13-14(2)24(12-20-13)16-6-4-15(5-7-16)22-18(25)19(8-9-19)26-17-10-21-23(3)11-17/h4-7,10-12H,8-9H2,1-3H3,(H,22,25). The maximum atomic E-state index is 12.6. The lowest BCUT2D eigenvalue weighted by atomic mass is 10.2. The molecule has 4 rings (SSSR count). The van der Waals surface area contributed by atoms with E-state index in [1.165, 1.54) is 0 Å². The van der Waals surface area contributed by atoms with Crippen molar-refractivity contribution in [1.29, 1.82) is 0 Å². The number of carbonyl (C=O) groups is 1. The van der Waals surface area contributed by atoms with Crippen molar-refractivity contribution in [2.24, 2.45) is 7.05 Å². The third-order valence-corrected chi connectivity index (χ3v) is 4.77. The van der Waals surface area contributed by atoms with Gasteiger partial charge in [0.2, 0.25) is 0 Å². The number of ether oxygens (including phenoxy) is 1. The van der Waals surface area contributed by atoms with Crippen molar-refractivity contribution in [2.45, 2.75) is 32.3 Å². The minimum absolute atomic E-state index is 0.122. The Morgan fingerprint density at radius 1 is 1.23 bits per heavy atom. The van der Waals surface area contributed by atoms with Crippen LogP contribution in [-0.4, -0.2) is 30.8 Å². The van der Waals surface area contributed by atoms with Gasteiger partial charge >= 0.3 is 0 Å². The zero-order valence-corrected chi connectivity index (χ0v) is 15.1. The number of rotatable bonds is 5. The Hall–Kier alpha value is -3.09. The van der Waals surface area contributed by atoms with Gasteiger partial charge in [-0.2, -0.15) is 5.10 Å². The summed E-state index contributed by atoms with van der Waals surface area (Å²) in [6.45, 7) is 4.02. The molecule has 0 atom stereocenters. The van der Waals surface area contributed by atoms with Crippen molar-refractivity contribution >= 4 is 11.6 Å². The molecule has 0 bridgehead atoms. The molecule has 1 fully saturated rings. The van der Waals surface area contributed by atoms with Crippen LogP contribution >= 0.6 is 0 Å². The lowest BCUT2D eigenvalue weighted by molar-refractivity contribution is -0.124. The fraction of sp³-hybridized carbons (Fsp3) is 0.316. The van der Waals surface area contributed by atoms with Gasteiger partial charge in [0, 0.05) is 37.0 Å². The molecule has 2 heterocycles. The van der Waals surface area contributed by atoms with Crippen molar-refractivity contribution < 1.29 is 9.53 Å². The first-order valence-corrected chi connectivity index (χ1v) is 8.57. The molecule has 0 spiro atoms. The summed E-state index contributed by atoms with van der Waals surface area (Å²) >= 11 is 0. The number of anilines is 1. The molecule has 1 saturated carbocycles. The minimum Gasteiger partial charge on any atom is -0.474 e. The Labute approximate surface area is 151 Å². The summed E-state index contributed by atoms with van der Waals surface area (Å²) < 4.78 is 9.55. The summed E-state index contributed by atoms with van der Waals surface area (Å²) in [6, 6.07) is 7.71. The van der Waals surface area contributed by atoms with Gasteiger partial charge in [0.05, 0.1) is 24.4 Å². The van der Waals surface area contributed by atoms with Gasteiger partial charge in [-0.25, -0.2) is 4.98 Å². The van der Waals surface area contributed by atoms with E-state index in [-0.39, 0.29) is 5.91 Å². The van der Waals surface area contributed by atoms with E-state index in [1.54, 1.807) is 23.4 Å². The third kappa shape index (κ3) is 2.96. The van der Waals surface area contributed by atoms with Crippen molar-refractivity contribution in [3.63, 3.8) is 0 Å². The maximum absolute atomic E-state index is 12.6. The number of hydrogen-bond acceptors (Lipinski definition) is 4. The van der Waals surface area contributed by atoms with Crippen LogP contribution in [0.1, 0.15) is 24.2 Å². The highest BCUT2D eigenvalue weighted by Gasteiger charge is 2.53. The fourth-order valence-electron chi connectivity index (χ4n) is 2.88. The van der Waals surface area contributed by atoms with Crippen molar-refractivity contribution in [2.75, 3.05) is 5.32 Å². The number of aryl methyl sites for hydroxylation is 2. The van der Waals surface area contributed by atoms with E-state index in [9.17, 15) is 4.79 Å². The molecule has 2 aromatic heterocycles. The summed E-state index contributed by atoms with van der Waals surface area (Å²) in [7, 11) is 1.82. The first kappa shape index (κ1) is 16.4. The van der Waals surface area contributed by atoms with E-state index < -0.39 is 5.60 Å². The SMILES string of the molecule is Cc1ncn(-c2ccc(NC(=O)C3(Oc4cnn(C)c4)CC3)cc2)c1C. The molecule has 0 unspecified atom stereocenters. The summed E-state index contributed by atoms with van der Waals surface area (Å²) in [6.07, 6.45) is 6.60. The normalized spacial score (nSPS) is 14.9. The van der Waals surface area contributed by atoms with Crippen molar-refractivity contribution in [3.8, 4) is 11.4 Å². The monoisotopic (exact) mass is 351 g/mol. The fourth-order valence-corrected chi connectivity index (χ4v) is 2.88. The summed E-state index contributed by atoms with van der Waals surface area (Å²) in [5.74, 6) is 0.491. The first-order chi connectivity index (χ1) is 12.5. The van der Waals surface area contributed by atoms with E-state index in [4.69, 9.17) is 4.74 Å². The predicted octanol–water partition coefficient (Wildman–Crippen LogP) is 2.77. The molecule has 1 amide bonds. The first-order valence-electron chi connectivity index (χ1n) is 8.57. The van der Waals surface area contributed by atoms with E-state index >= 15 is 0 Å². The molecule has 7 nitrogen and oxygen atoms in total. The number of imidazole rings is 1. The lowest BCUT2D eigenvalue weighted by Crippen LogP contribution is -2.35. The molecule has 0 aliphatic heterocycles. The summed E-state index contributed by atoms with van der Waals surface area (Å²) in [5.41, 5.74) is 3.08. The Kier molecular flexibility index (Phi) is 3.79. The van der Waals surface area contributed by atoms with Gasteiger partial charge in [0.15, 0.2) is 11.4 Å². The second kappa shape index (κ2) is 6.01. The van der Waals surface area contributed by atoms with Gasteiger partial charge in [-0.15, -0.1) is 0 Å². The molecule has 1 aliphatic rings. The molecule has 3 aromatic rings. The third-order valence-electron chi connectivity index (χ3n) is 4.77. The van der Waals surface area contributed by atoms with Crippen LogP contribution in [0.2, 0.25) is 0 Å². The second-order valence-electron chi connectivity index (χ2n) is 6.73. The highest BCUT2D eigenvalue weighted by Crippen LogP contribution is 2.41. The molecule has 1 N–H and O–H groups in total. The molecule has 1 aliphatic carbocycles. The maximum Gasteiger partial charge on any atom is 0.268 e. The van der Waals surface area contributed by atoms with Crippen LogP contribution in [0, 0.1) is 13.8 Å². The molecule has 7 heteroatoms. The van der Waals surface area contributed by atoms with Crippen LogP contribution in [0.5, 0.6) is 5.75 Å². The lowest BCUT2D eigenvalue weighted by Gasteiger charge is -2.16. The van der Waals surface area contributed by atoms with Crippen LogP contribution in [0.4, 0.5) is 5.69 Å². The van der Waals surface area contributed by atoms with Gasteiger partial charge in [-0.05, 0) is 38.1 Å². The summed E-state index contributed by atoms with van der Waals surface area (Å²) in [4.78, 5) is 17.0. The van der Waals surface area contributed by atoms with Crippen molar-refractivity contribution in [3.05, 3.63) is 54.4 Å². The molecule has 134 valence electrons. The average molecular weight is 351 g/mol. The highest BCUT2D eigenvalue weighted by atomic mass is 16.5. The van der Waals surface area contributed by atoms with Crippen LogP contribution in [0.3, 0.4) is 0 Å². The number of aromatic nitrogens is 4. The van der Waals surface area contributed by atoms with Gasteiger partial charge < -0.3 is 14.6 Å². The van der Waals surface area contributed by atoms with Crippen molar-refractivity contribution in [1.82, 2.24) is 19.3 Å². The van der Waals surface area contributed by atoms with Gasteiger partial charge in [-0.3, -0.25) is 9.48 Å².